The lowest BCUT2D eigenvalue weighted by atomic mass is 9.95. The largest absolute Gasteiger partial charge is 0.487 e. The number of hydrogen-bond acceptors (Lipinski definition) is 5. The Hall–Kier alpha value is -3.85. The molecule has 1 aliphatic rings. The van der Waals surface area contributed by atoms with E-state index in [4.69, 9.17) is 9.47 Å². The van der Waals surface area contributed by atoms with Crippen molar-refractivity contribution in [1.82, 2.24) is 9.88 Å². The maximum absolute atomic E-state index is 12.6. The van der Waals surface area contributed by atoms with Crippen molar-refractivity contribution >= 4 is 6.09 Å². The van der Waals surface area contributed by atoms with Crippen LogP contribution in [0.4, 0.5) is 4.79 Å². The van der Waals surface area contributed by atoms with Crippen molar-refractivity contribution in [1.29, 1.82) is 5.26 Å². The Bertz CT molecular complexity index is 1270. The number of aromatic nitrogens is 1. The standard InChI is InChI=1S/C29H31N3O3/c1-20-9-12-31-25(15-20)19-34-27-8-5-21(18-30)16-26(27)24-7-6-22-10-13-32(14-11-23(22)17-24)28(33)35-29(2,3)4/h5-9,12,15-17H,10-11,13-14,19H2,1-4H3. The molecule has 2 aromatic carbocycles. The van der Waals surface area contributed by atoms with Crippen LogP contribution in [0.2, 0.25) is 0 Å². The quantitative estimate of drug-likeness (QED) is 0.480. The highest BCUT2D eigenvalue weighted by molar-refractivity contribution is 5.73. The number of ether oxygens (including phenoxy) is 2. The Morgan fingerprint density at radius 1 is 1.06 bits per heavy atom. The van der Waals surface area contributed by atoms with E-state index in [2.05, 4.69) is 29.3 Å². The van der Waals surface area contributed by atoms with Gasteiger partial charge in [-0.05, 0) is 93.1 Å². The first-order chi connectivity index (χ1) is 16.7. The van der Waals surface area contributed by atoms with Gasteiger partial charge >= 0.3 is 6.09 Å². The van der Waals surface area contributed by atoms with Crippen LogP contribution in [0, 0.1) is 18.3 Å². The van der Waals surface area contributed by atoms with Crippen LogP contribution < -0.4 is 4.74 Å². The second-order valence-electron chi connectivity index (χ2n) is 9.89. The lowest BCUT2D eigenvalue weighted by molar-refractivity contribution is 0.0258. The summed E-state index contributed by atoms with van der Waals surface area (Å²) >= 11 is 0. The number of amides is 1. The van der Waals surface area contributed by atoms with Crippen LogP contribution in [0.1, 0.15) is 48.7 Å². The number of carbonyl (C=O) groups excluding carboxylic acids is 1. The van der Waals surface area contributed by atoms with Crippen molar-refractivity contribution in [2.45, 2.75) is 52.7 Å². The summed E-state index contributed by atoms with van der Waals surface area (Å²) in [6, 6.07) is 18.0. The molecule has 180 valence electrons. The molecule has 1 amide bonds. The summed E-state index contributed by atoms with van der Waals surface area (Å²) in [5.74, 6) is 0.705. The monoisotopic (exact) mass is 469 g/mol. The Labute approximate surface area is 207 Å². The van der Waals surface area contributed by atoms with Gasteiger partial charge in [0.25, 0.3) is 0 Å². The molecule has 0 N–H and O–H groups in total. The highest BCUT2D eigenvalue weighted by atomic mass is 16.6. The first kappa shape index (κ1) is 24.3. The molecule has 0 saturated carbocycles. The Kier molecular flexibility index (Phi) is 7.07. The average molecular weight is 470 g/mol. The SMILES string of the molecule is Cc1ccnc(COc2ccc(C#N)cc2-c2ccc3c(c2)CCN(C(=O)OC(C)(C)C)CC3)c1. The maximum atomic E-state index is 12.6. The fraction of sp³-hybridized carbons (Fsp3) is 0.345. The molecule has 0 radical (unpaired) electrons. The number of rotatable bonds is 4. The van der Waals surface area contributed by atoms with Gasteiger partial charge in [0.05, 0.1) is 17.3 Å². The first-order valence-corrected chi connectivity index (χ1v) is 11.9. The Morgan fingerprint density at radius 2 is 1.83 bits per heavy atom. The van der Waals surface area contributed by atoms with Gasteiger partial charge in [0.2, 0.25) is 0 Å². The summed E-state index contributed by atoms with van der Waals surface area (Å²) in [5.41, 5.74) is 6.32. The number of nitrogens with zero attached hydrogens (tertiary/aromatic N) is 3. The molecular weight excluding hydrogens is 438 g/mol. The third-order valence-electron chi connectivity index (χ3n) is 5.93. The minimum absolute atomic E-state index is 0.271. The first-order valence-electron chi connectivity index (χ1n) is 11.9. The third-order valence-corrected chi connectivity index (χ3v) is 5.93. The molecule has 0 spiro atoms. The van der Waals surface area contributed by atoms with Crippen molar-refractivity contribution in [3.8, 4) is 22.9 Å². The van der Waals surface area contributed by atoms with E-state index in [0.29, 0.717) is 31.0 Å². The second-order valence-corrected chi connectivity index (χ2v) is 9.89. The van der Waals surface area contributed by atoms with E-state index >= 15 is 0 Å². The van der Waals surface area contributed by atoms with Crippen molar-refractivity contribution in [3.05, 3.63) is 82.7 Å². The van der Waals surface area contributed by atoms with Crippen LogP contribution in [0.3, 0.4) is 0 Å². The summed E-state index contributed by atoms with van der Waals surface area (Å²) in [7, 11) is 0. The number of aryl methyl sites for hydroxylation is 1. The van der Waals surface area contributed by atoms with E-state index in [9.17, 15) is 10.1 Å². The summed E-state index contributed by atoms with van der Waals surface area (Å²) in [5, 5.41) is 9.48. The van der Waals surface area contributed by atoms with Gasteiger partial charge in [-0.15, -0.1) is 0 Å². The topological polar surface area (TPSA) is 75.5 Å². The number of fused-ring (bicyclic) bond motifs is 1. The van der Waals surface area contributed by atoms with Crippen molar-refractivity contribution in [2.24, 2.45) is 0 Å². The predicted molar refractivity (Wildman–Crippen MR) is 135 cm³/mol. The van der Waals surface area contributed by atoms with Gasteiger partial charge in [-0.2, -0.15) is 5.26 Å². The molecular formula is C29H31N3O3. The Balaban J connectivity index is 1.57. The minimum Gasteiger partial charge on any atom is -0.487 e. The van der Waals surface area contributed by atoms with Crippen molar-refractivity contribution in [3.63, 3.8) is 0 Å². The zero-order valence-electron chi connectivity index (χ0n) is 20.8. The highest BCUT2D eigenvalue weighted by Gasteiger charge is 2.24. The van der Waals surface area contributed by atoms with Crippen LogP contribution >= 0.6 is 0 Å². The normalized spacial score (nSPS) is 13.4. The zero-order chi connectivity index (χ0) is 25.0. The van der Waals surface area contributed by atoms with E-state index in [1.165, 1.54) is 11.1 Å². The molecule has 6 nitrogen and oxygen atoms in total. The molecule has 0 bridgehead atoms. The predicted octanol–water partition coefficient (Wildman–Crippen LogP) is 5.84. The van der Waals surface area contributed by atoms with Crippen LogP contribution in [0.25, 0.3) is 11.1 Å². The summed E-state index contributed by atoms with van der Waals surface area (Å²) in [6.07, 6.45) is 3.02. The number of hydrogen-bond donors (Lipinski definition) is 0. The van der Waals surface area contributed by atoms with E-state index in [1.54, 1.807) is 17.2 Å². The smallest absolute Gasteiger partial charge is 0.410 e. The average Bonchev–Trinajstić information content (AvgIpc) is 3.04. The van der Waals surface area contributed by atoms with Crippen molar-refractivity contribution < 1.29 is 14.3 Å². The molecule has 1 aromatic heterocycles. The number of carbonyl (C=O) groups is 1. The van der Waals surface area contributed by atoms with Crippen LogP contribution in [-0.2, 0) is 24.2 Å². The summed E-state index contributed by atoms with van der Waals surface area (Å²) in [4.78, 5) is 18.7. The highest BCUT2D eigenvalue weighted by Crippen LogP contribution is 2.34. The van der Waals surface area contributed by atoms with Crippen LogP contribution in [0.15, 0.2) is 54.7 Å². The molecule has 0 atom stereocenters. The molecule has 3 aromatic rings. The van der Waals surface area contributed by atoms with Gasteiger partial charge < -0.3 is 14.4 Å². The van der Waals surface area contributed by atoms with E-state index in [0.717, 1.165) is 35.2 Å². The summed E-state index contributed by atoms with van der Waals surface area (Å²) < 4.78 is 11.7. The second kappa shape index (κ2) is 10.2. The third kappa shape index (κ3) is 6.19. The fourth-order valence-electron chi connectivity index (χ4n) is 4.18. The lowest BCUT2D eigenvalue weighted by Crippen LogP contribution is -2.38. The number of pyridine rings is 1. The number of nitriles is 1. The Morgan fingerprint density at radius 3 is 2.54 bits per heavy atom. The van der Waals surface area contributed by atoms with Crippen molar-refractivity contribution in [2.75, 3.05) is 13.1 Å². The van der Waals surface area contributed by atoms with E-state index in [1.807, 2.05) is 52.0 Å². The molecule has 0 fully saturated rings. The van der Waals surface area contributed by atoms with E-state index in [-0.39, 0.29) is 6.09 Å². The fourth-order valence-corrected chi connectivity index (χ4v) is 4.18. The lowest BCUT2D eigenvalue weighted by Gasteiger charge is -2.26. The molecule has 35 heavy (non-hydrogen) atoms. The van der Waals surface area contributed by atoms with Gasteiger partial charge in [-0.1, -0.05) is 18.2 Å². The minimum atomic E-state index is -0.514. The maximum Gasteiger partial charge on any atom is 0.410 e. The van der Waals surface area contributed by atoms with Gasteiger partial charge in [-0.3, -0.25) is 4.98 Å². The molecule has 1 aliphatic heterocycles. The van der Waals surface area contributed by atoms with Gasteiger partial charge in [-0.25, -0.2) is 4.79 Å². The molecule has 4 rings (SSSR count). The van der Waals surface area contributed by atoms with Gasteiger partial charge in [0.1, 0.15) is 18.0 Å². The van der Waals surface area contributed by atoms with Gasteiger partial charge in [0, 0.05) is 24.8 Å². The molecule has 0 aliphatic carbocycles. The molecule has 6 heteroatoms. The molecule has 0 saturated heterocycles. The molecule has 0 unspecified atom stereocenters. The zero-order valence-corrected chi connectivity index (χ0v) is 20.8. The van der Waals surface area contributed by atoms with Gasteiger partial charge in [0.15, 0.2) is 0 Å². The van der Waals surface area contributed by atoms with Crippen LogP contribution in [-0.4, -0.2) is 34.7 Å². The number of benzene rings is 2. The van der Waals surface area contributed by atoms with Crippen LogP contribution in [0.5, 0.6) is 5.75 Å². The molecule has 2 heterocycles. The van der Waals surface area contributed by atoms with E-state index < -0.39 is 5.60 Å². The summed E-state index contributed by atoms with van der Waals surface area (Å²) in [6.45, 7) is 9.25.